The SMILES string of the molecule is C=C/C=C(\C=C)CC(C(C)O)N(Cc1ccc(OCP(=O)(OCC)OCC)cc1)C(=O)N(CC)Cc1ccc(N)c(C(=N)N)c1.CC1=CCCCC=C1. The summed E-state index contributed by atoms with van der Waals surface area (Å²) in [7, 11) is -3.39. The third-order valence-electron chi connectivity index (χ3n) is 8.41. The standard InChI is InChI=1S/C33H48N5O6P.C8H12/c1-7-12-25(8-2)20-31(24(6)39)38(33(40)37(9-3)21-27-15-18-30(34)29(19-27)32(35)36)22-26-13-16-28(17-14-26)42-23-45(41,43-10-4)44-11-5;1-8-6-4-2-3-5-7-8/h7-8,12-19,24,31,39H,1-2,9-11,20-23,34H2,3-6H3,(H3,35,36);4,6-7H,2-3,5H2,1H3/b25-12+;. The lowest BCUT2D eigenvalue weighted by molar-refractivity contribution is 0.0590. The average molecular weight is 750 g/mol. The van der Waals surface area contributed by atoms with Crippen molar-refractivity contribution in [1.82, 2.24) is 9.80 Å². The van der Waals surface area contributed by atoms with Crippen molar-refractivity contribution in [1.29, 1.82) is 5.41 Å². The molecule has 3 rings (SSSR count). The number of carbonyl (C=O) groups excluding carboxylic acids is 1. The first-order valence-electron chi connectivity index (χ1n) is 18.1. The van der Waals surface area contributed by atoms with E-state index in [4.69, 9.17) is 30.7 Å². The molecule has 0 fully saturated rings. The second kappa shape index (κ2) is 23.3. The van der Waals surface area contributed by atoms with Gasteiger partial charge in [0.2, 0.25) is 0 Å². The Morgan fingerprint density at radius 1 is 1.06 bits per heavy atom. The first-order chi connectivity index (χ1) is 25.3. The third-order valence-corrected chi connectivity index (χ3v) is 10.2. The lowest BCUT2D eigenvalue weighted by Crippen LogP contribution is -2.51. The Labute approximate surface area is 316 Å². The minimum Gasteiger partial charge on any atom is -0.481 e. The summed E-state index contributed by atoms with van der Waals surface area (Å²) in [5.74, 6) is 0.308. The Hall–Kier alpha value is -4.41. The highest BCUT2D eigenvalue weighted by Gasteiger charge is 2.31. The maximum absolute atomic E-state index is 14.2. The van der Waals surface area contributed by atoms with Crippen LogP contribution in [0, 0.1) is 5.41 Å². The number of aliphatic hydroxyl groups excluding tert-OH is 1. The van der Waals surface area contributed by atoms with E-state index in [1.54, 1.807) is 79.1 Å². The number of allylic oxidation sites excluding steroid dienone is 7. The van der Waals surface area contributed by atoms with Crippen LogP contribution in [0.15, 0.2) is 103 Å². The zero-order valence-corrected chi connectivity index (χ0v) is 33.0. The molecule has 0 heterocycles. The van der Waals surface area contributed by atoms with E-state index in [2.05, 4.69) is 38.3 Å². The van der Waals surface area contributed by atoms with E-state index in [-0.39, 0.29) is 44.5 Å². The zero-order chi connectivity index (χ0) is 39.4. The van der Waals surface area contributed by atoms with Gasteiger partial charge in [0.1, 0.15) is 11.6 Å². The second-order valence-corrected chi connectivity index (χ2v) is 14.6. The monoisotopic (exact) mass is 749 g/mol. The molecular formula is C41H60N5O6P. The summed E-state index contributed by atoms with van der Waals surface area (Å²) in [6, 6.07) is 11.3. The minimum absolute atomic E-state index is 0.156. The summed E-state index contributed by atoms with van der Waals surface area (Å²) < 4.78 is 29.1. The van der Waals surface area contributed by atoms with Crippen molar-refractivity contribution in [2.45, 2.75) is 85.5 Å². The number of nitrogens with one attached hydrogen (secondary N) is 1. The van der Waals surface area contributed by atoms with Crippen molar-refractivity contribution in [2.75, 3.05) is 31.8 Å². The van der Waals surface area contributed by atoms with Crippen LogP contribution in [0.5, 0.6) is 5.75 Å². The van der Waals surface area contributed by atoms with Crippen LogP contribution < -0.4 is 16.2 Å². The van der Waals surface area contributed by atoms with Gasteiger partial charge >= 0.3 is 13.6 Å². The van der Waals surface area contributed by atoms with Gasteiger partial charge in [0.05, 0.1) is 25.4 Å². The van der Waals surface area contributed by atoms with E-state index in [0.29, 0.717) is 30.0 Å². The van der Waals surface area contributed by atoms with Crippen LogP contribution in [0.4, 0.5) is 10.5 Å². The van der Waals surface area contributed by atoms with Crippen molar-refractivity contribution in [3.63, 3.8) is 0 Å². The number of hydrogen-bond acceptors (Lipinski definition) is 8. The molecule has 11 nitrogen and oxygen atoms in total. The zero-order valence-electron chi connectivity index (χ0n) is 32.1. The average Bonchev–Trinajstić information content (AvgIpc) is 3.39. The van der Waals surface area contributed by atoms with Gasteiger partial charge in [-0.25, -0.2) is 4.79 Å². The molecule has 0 radical (unpaired) electrons. The van der Waals surface area contributed by atoms with Gasteiger partial charge in [-0.1, -0.05) is 73.4 Å². The van der Waals surface area contributed by atoms with Gasteiger partial charge in [-0.05, 0) is 101 Å². The highest BCUT2D eigenvalue weighted by molar-refractivity contribution is 7.53. The molecule has 2 unspecified atom stereocenters. The Bertz CT molecular complexity index is 1630. The van der Waals surface area contributed by atoms with Crippen molar-refractivity contribution < 1.29 is 28.3 Å². The van der Waals surface area contributed by atoms with Crippen LogP contribution in [0.3, 0.4) is 0 Å². The van der Waals surface area contributed by atoms with Crippen LogP contribution >= 0.6 is 7.60 Å². The van der Waals surface area contributed by atoms with E-state index in [9.17, 15) is 14.5 Å². The van der Waals surface area contributed by atoms with E-state index in [1.807, 2.05) is 19.1 Å². The molecule has 0 saturated heterocycles. The number of amides is 2. The lowest BCUT2D eigenvalue weighted by Gasteiger charge is -2.38. The number of aliphatic hydroxyl groups is 1. The van der Waals surface area contributed by atoms with Crippen LogP contribution in [0.1, 0.15) is 77.0 Å². The molecule has 0 bridgehead atoms. The molecule has 290 valence electrons. The number of benzene rings is 2. The van der Waals surface area contributed by atoms with Crippen molar-refractivity contribution in [3.8, 4) is 5.75 Å². The summed E-state index contributed by atoms with van der Waals surface area (Å²) in [4.78, 5) is 17.5. The Kier molecular flexibility index (Phi) is 19.7. The maximum atomic E-state index is 14.2. The van der Waals surface area contributed by atoms with Crippen LogP contribution in [-0.4, -0.2) is 65.0 Å². The molecule has 2 aromatic rings. The third kappa shape index (κ3) is 15.2. The number of nitrogen functional groups attached to an aromatic ring is 2. The van der Waals surface area contributed by atoms with Gasteiger partial charge in [-0.15, -0.1) is 0 Å². The van der Waals surface area contributed by atoms with E-state index >= 15 is 0 Å². The van der Waals surface area contributed by atoms with E-state index in [1.165, 1.54) is 24.8 Å². The number of nitrogens with two attached hydrogens (primary N) is 2. The molecule has 0 saturated carbocycles. The van der Waals surface area contributed by atoms with E-state index < -0.39 is 19.7 Å². The fourth-order valence-corrected chi connectivity index (χ4v) is 6.90. The van der Waals surface area contributed by atoms with E-state index in [0.717, 1.165) is 16.7 Å². The Morgan fingerprint density at radius 3 is 2.28 bits per heavy atom. The minimum atomic E-state index is -3.39. The molecule has 1 aliphatic rings. The number of carbonyl (C=O) groups is 1. The molecule has 12 heteroatoms. The number of urea groups is 1. The van der Waals surface area contributed by atoms with Crippen LogP contribution in [0.25, 0.3) is 0 Å². The predicted octanol–water partition coefficient (Wildman–Crippen LogP) is 8.71. The number of anilines is 1. The molecule has 0 spiro atoms. The summed E-state index contributed by atoms with van der Waals surface area (Å²) in [6.07, 6.45) is 15.0. The summed E-state index contributed by atoms with van der Waals surface area (Å²) in [5, 5.41) is 18.8. The number of rotatable bonds is 19. The largest absolute Gasteiger partial charge is 0.481 e. The summed E-state index contributed by atoms with van der Waals surface area (Å²) in [6.45, 7) is 18.1. The molecule has 0 aliphatic heterocycles. The second-order valence-electron chi connectivity index (χ2n) is 12.6. The first kappa shape index (κ1) is 44.7. The van der Waals surface area contributed by atoms with Gasteiger partial charge in [0, 0.05) is 30.9 Å². The quantitative estimate of drug-likeness (QED) is 0.0364. The van der Waals surface area contributed by atoms with Crippen molar-refractivity contribution in [3.05, 3.63) is 120 Å². The van der Waals surface area contributed by atoms with Gasteiger partial charge < -0.3 is 40.2 Å². The van der Waals surface area contributed by atoms with Gasteiger partial charge in [0.15, 0.2) is 6.35 Å². The summed E-state index contributed by atoms with van der Waals surface area (Å²) >= 11 is 0. The molecule has 1 aliphatic carbocycles. The predicted molar refractivity (Wildman–Crippen MR) is 217 cm³/mol. The van der Waals surface area contributed by atoms with Crippen LogP contribution in [0.2, 0.25) is 0 Å². The highest BCUT2D eigenvalue weighted by atomic mass is 31.2. The Morgan fingerprint density at radius 2 is 1.72 bits per heavy atom. The molecule has 2 aromatic carbocycles. The molecule has 6 N–H and O–H groups in total. The topological polar surface area (TPSA) is 164 Å². The number of ether oxygens (including phenoxy) is 1. The van der Waals surface area contributed by atoms with Gasteiger partial charge in [-0.3, -0.25) is 9.97 Å². The molecule has 2 amide bonds. The summed E-state index contributed by atoms with van der Waals surface area (Å²) in [5.41, 5.74) is 16.3. The highest BCUT2D eigenvalue weighted by Crippen LogP contribution is 2.47. The normalized spacial score (nSPS) is 14.1. The molecule has 2 atom stereocenters. The van der Waals surface area contributed by atoms with Gasteiger partial charge in [-0.2, -0.15) is 0 Å². The fourth-order valence-electron chi connectivity index (χ4n) is 5.58. The fraction of sp³-hybridized carbons (Fsp3) is 0.415. The first-order valence-corrected chi connectivity index (χ1v) is 19.9. The number of hydrogen-bond donors (Lipinski definition) is 4. The smallest absolute Gasteiger partial charge is 0.367 e. The van der Waals surface area contributed by atoms with Crippen molar-refractivity contribution >= 4 is 25.1 Å². The number of amidine groups is 1. The molecule has 0 aromatic heterocycles. The Balaban J connectivity index is 0.00000107. The van der Waals surface area contributed by atoms with Gasteiger partial charge in [0.25, 0.3) is 0 Å². The molecule has 53 heavy (non-hydrogen) atoms. The number of nitrogens with zero attached hydrogens (tertiary/aromatic N) is 2. The van der Waals surface area contributed by atoms with Crippen LogP contribution in [-0.2, 0) is 26.7 Å². The molecular weight excluding hydrogens is 689 g/mol. The maximum Gasteiger partial charge on any atom is 0.367 e. The lowest BCUT2D eigenvalue weighted by atomic mass is 9.99. The van der Waals surface area contributed by atoms with Crippen molar-refractivity contribution in [2.24, 2.45) is 5.73 Å².